The lowest BCUT2D eigenvalue weighted by atomic mass is 9.76. The summed E-state index contributed by atoms with van der Waals surface area (Å²) < 4.78 is 0. The third kappa shape index (κ3) is 2.99. The first-order valence-corrected chi connectivity index (χ1v) is 6.51. The Morgan fingerprint density at radius 3 is 2.83 bits per heavy atom. The largest absolute Gasteiger partial charge is 0.481 e. The van der Waals surface area contributed by atoms with Crippen molar-refractivity contribution in [3.63, 3.8) is 0 Å². The first kappa shape index (κ1) is 13.3. The average Bonchev–Trinajstić information content (AvgIpc) is 2.27. The molecule has 2 rings (SSSR count). The van der Waals surface area contributed by atoms with Gasteiger partial charge in [0, 0.05) is 17.7 Å². The lowest BCUT2D eigenvalue weighted by molar-refractivity contribution is -0.137. The van der Waals surface area contributed by atoms with Crippen molar-refractivity contribution in [3.05, 3.63) is 22.2 Å². The van der Waals surface area contributed by atoms with Gasteiger partial charge in [0.15, 0.2) is 0 Å². The number of carboxylic acid groups (broad SMARTS) is 1. The molecular formula is C13H17ClN2O2. The van der Waals surface area contributed by atoms with Gasteiger partial charge >= 0.3 is 5.97 Å². The lowest BCUT2D eigenvalue weighted by Crippen LogP contribution is -2.24. The van der Waals surface area contributed by atoms with Gasteiger partial charge in [-0.1, -0.05) is 25.4 Å². The zero-order valence-electron chi connectivity index (χ0n) is 10.7. The monoisotopic (exact) mass is 268 g/mol. The number of halogens is 1. The number of carboxylic acids is 1. The first-order valence-electron chi connectivity index (χ1n) is 6.13. The second-order valence-corrected chi connectivity index (χ2v) is 5.95. The van der Waals surface area contributed by atoms with Gasteiger partial charge < -0.3 is 5.11 Å². The summed E-state index contributed by atoms with van der Waals surface area (Å²) in [5.74, 6) is -0.297. The Kier molecular flexibility index (Phi) is 3.57. The molecule has 98 valence electrons. The Labute approximate surface area is 111 Å². The van der Waals surface area contributed by atoms with E-state index >= 15 is 0 Å². The third-order valence-electron chi connectivity index (χ3n) is 3.34. The quantitative estimate of drug-likeness (QED) is 0.856. The van der Waals surface area contributed by atoms with E-state index in [-0.39, 0.29) is 11.8 Å². The molecule has 0 radical (unpaired) electrons. The minimum atomic E-state index is -0.839. The van der Waals surface area contributed by atoms with Crippen LogP contribution in [0.4, 0.5) is 0 Å². The van der Waals surface area contributed by atoms with Crippen LogP contribution in [0.25, 0.3) is 0 Å². The summed E-state index contributed by atoms with van der Waals surface area (Å²) in [5.41, 5.74) is 2.27. The summed E-state index contributed by atoms with van der Waals surface area (Å²) in [7, 11) is 0. The van der Waals surface area contributed by atoms with Crippen molar-refractivity contribution in [2.24, 2.45) is 5.41 Å². The molecule has 18 heavy (non-hydrogen) atoms. The Hall–Kier alpha value is -1.16. The number of fused-ring (bicyclic) bond motifs is 1. The topological polar surface area (TPSA) is 63.1 Å². The van der Waals surface area contributed by atoms with E-state index in [1.165, 1.54) is 0 Å². The summed E-state index contributed by atoms with van der Waals surface area (Å²) in [4.78, 5) is 19.2. The van der Waals surface area contributed by atoms with Crippen molar-refractivity contribution in [3.8, 4) is 0 Å². The maximum Gasteiger partial charge on any atom is 0.303 e. The molecule has 0 fully saturated rings. The van der Waals surface area contributed by atoms with Gasteiger partial charge in [-0.05, 0) is 24.7 Å². The Morgan fingerprint density at radius 1 is 1.44 bits per heavy atom. The molecule has 1 aromatic heterocycles. The molecule has 5 heteroatoms. The number of aryl methyl sites for hydroxylation is 2. The first-order chi connectivity index (χ1) is 8.37. The summed E-state index contributed by atoms with van der Waals surface area (Å²) in [6, 6.07) is 0. The van der Waals surface area contributed by atoms with Gasteiger partial charge in [-0.3, -0.25) is 4.79 Å². The SMILES string of the molecule is CC1(C)CCc2nc(CCC(=O)O)nc(Cl)c2C1. The molecule has 4 nitrogen and oxygen atoms in total. The van der Waals surface area contributed by atoms with E-state index in [0.29, 0.717) is 17.4 Å². The van der Waals surface area contributed by atoms with Crippen molar-refractivity contribution in [2.75, 3.05) is 0 Å². The zero-order valence-corrected chi connectivity index (χ0v) is 11.4. The molecule has 0 bridgehead atoms. The van der Waals surface area contributed by atoms with Gasteiger partial charge in [0.1, 0.15) is 11.0 Å². The summed E-state index contributed by atoms with van der Waals surface area (Å²) in [5, 5.41) is 9.16. The van der Waals surface area contributed by atoms with Crippen LogP contribution >= 0.6 is 11.6 Å². The normalized spacial score (nSPS) is 17.3. The molecule has 0 spiro atoms. The average molecular weight is 269 g/mol. The molecule has 1 aromatic rings. The van der Waals surface area contributed by atoms with Gasteiger partial charge in [0.05, 0.1) is 6.42 Å². The van der Waals surface area contributed by atoms with Crippen LogP contribution in [0.2, 0.25) is 5.15 Å². The molecule has 0 aliphatic heterocycles. The molecule has 0 aromatic carbocycles. The minimum Gasteiger partial charge on any atom is -0.481 e. The summed E-state index contributed by atoms with van der Waals surface area (Å²) >= 11 is 6.19. The van der Waals surface area contributed by atoms with Crippen LogP contribution in [-0.4, -0.2) is 21.0 Å². The van der Waals surface area contributed by atoms with Crippen LogP contribution in [0.5, 0.6) is 0 Å². The fourth-order valence-corrected chi connectivity index (χ4v) is 2.56. The second kappa shape index (κ2) is 4.84. The van der Waals surface area contributed by atoms with Gasteiger partial charge in [-0.25, -0.2) is 9.97 Å². The van der Waals surface area contributed by atoms with Gasteiger partial charge in [0.25, 0.3) is 0 Å². The van der Waals surface area contributed by atoms with E-state index < -0.39 is 5.97 Å². The highest BCUT2D eigenvalue weighted by atomic mass is 35.5. The molecule has 1 aliphatic rings. The predicted octanol–water partition coefficient (Wildman–Crippen LogP) is 2.66. The Morgan fingerprint density at radius 2 is 2.17 bits per heavy atom. The maximum atomic E-state index is 10.5. The van der Waals surface area contributed by atoms with E-state index in [4.69, 9.17) is 16.7 Å². The van der Waals surface area contributed by atoms with Crippen molar-refractivity contribution in [1.82, 2.24) is 9.97 Å². The number of carbonyl (C=O) groups is 1. The molecule has 0 saturated heterocycles. The molecule has 1 aliphatic carbocycles. The molecule has 1 N–H and O–H groups in total. The summed E-state index contributed by atoms with van der Waals surface area (Å²) in [6.07, 6.45) is 3.24. The van der Waals surface area contributed by atoms with Crippen molar-refractivity contribution in [2.45, 2.75) is 46.0 Å². The van der Waals surface area contributed by atoms with E-state index in [9.17, 15) is 4.79 Å². The number of nitrogens with zero attached hydrogens (tertiary/aromatic N) is 2. The number of hydrogen-bond donors (Lipinski definition) is 1. The number of aliphatic carboxylic acids is 1. The molecule has 0 unspecified atom stereocenters. The molecule has 1 heterocycles. The van der Waals surface area contributed by atoms with Crippen LogP contribution in [0, 0.1) is 5.41 Å². The Balaban J connectivity index is 2.25. The van der Waals surface area contributed by atoms with E-state index in [2.05, 4.69) is 23.8 Å². The number of aromatic nitrogens is 2. The second-order valence-electron chi connectivity index (χ2n) is 5.59. The number of rotatable bonds is 3. The van der Waals surface area contributed by atoms with Crippen LogP contribution < -0.4 is 0 Å². The fraction of sp³-hybridized carbons (Fsp3) is 0.615. The minimum absolute atomic E-state index is 0.0423. The standard InChI is InChI=1S/C13H17ClN2O2/c1-13(2)6-5-9-8(7-13)12(14)16-10(15-9)3-4-11(17)18/h3-7H2,1-2H3,(H,17,18). The third-order valence-corrected chi connectivity index (χ3v) is 3.66. The van der Waals surface area contributed by atoms with Crippen molar-refractivity contribution < 1.29 is 9.90 Å². The van der Waals surface area contributed by atoms with Gasteiger partial charge in [-0.2, -0.15) is 0 Å². The number of hydrogen-bond acceptors (Lipinski definition) is 3. The van der Waals surface area contributed by atoms with Gasteiger partial charge in [0.2, 0.25) is 0 Å². The molecular weight excluding hydrogens is 252 g/mol. The zero-order chi connectivity index (χ0) is 13.3. The molecule has 0 amide bonds. The maximum absolute atomic E-state index is 10.5. The van der Waals surface area contributed by atoms with E-state index in [1.807, 2.05) is 0 Å². The Bertz CT molecular complexity index is 486. The fourth-order valence-electron chi connectivity index (χ4n) is 2.28. The highest BCUT2D eigenvalue weighted by Gasteiger charge is 2.28. The highest BCUT2D eigenvalue weighted by Crippen LogP contribution is 2.36. The van der Waals surface area contributed by atoms with Crippen LogP contribution in [0.3, 0.4) is 0 Å². The van der Waals surface area contributed by atoms with E-state index in [1.54, 1.807) is 0 Å². The van der Waals surface area contributed by atoms with Crippen LogP contribution in [-0.2, 0) is 24.1 Å². The van der Waals surface area contributed by atoms with Crippen LogP contribution in [0.1, 0.15) is 43.8 Å². The van der Waals surface area contributed by atoms with Crippen molar-refractivity contribution in [1.29, 1.82) is 0 Å². The highest BCUT2D eigenvalue weighted by molar-refractivity contribution is 6.30. The molecule has 0 atom stereocenters. The smallest absolute Gasteiger partial charge is 0.303 e. The van der Waals surface area contributed by atoms with E-state index in [0.717, 1.165) is 30.5 Å². The van der Waals surface area contributed by atoms with Gasteiger partial charge in [-0.15, -0.1) is 0 Å². The summed E-state index contributed by atoms with van der Waals surface area (Å²) in [6.45, 7) is 4.43. The lowest BCUT2D eigenvalue weighted by Gasteiger charge is -2.31. The van der Waals surface area contributed by atoms with Crippen molar-refractivity contribution >= 4 is 17.6 Å². The van der Waals surface area contributed by atoms with Crippen LogP contribution in [0.15, 0.2) is 0 Å². The predicted molar refractivity (Wildman–Crippen MR) is 68.8 cm³/mol. The molecule has 0 saturated carbocycles.